The summed E-state index contributed by atoms with van der Waals surface area (Å²) in [4.78, 5) is 13.4. The number of methoxy groups -OCH3 is 1. The van der Waals surface area contributed by atoms with Crippen LogP contribution in [0.2, 0.25) is 0 Å². The molecule has 0 saturated heterocycles. The molecule has 1 aliphatic heterocycles. The van der Waals surface area contributed by atoms with Crippen LogP contribution in [0.1, 0.15) is 22.8 Å². The number of benzene rings is 2. The van der Waals surface area contributed by atoms with E-state index in [9.17, 15) is 9.18 Å². The predicted molar refractivity (Wildman–Crippen MR) is 97.8 cm³/mol. The molecule has 1 aliphatic rings. The average molecular weight is 353 g/mol. The van der Waals surface area contributed by atoms with Gasteiger partial charge in [-0.3, -0.25) is 4.79 Å². The number of nitrogens with one attached hydrogen (secondary N) is 1. The van der Waals surface area contributed by atoms with Gasteiger partial charge in [0.1, 0.15) is 11.6 Å². The molecule has 2 aromatic carbocycles. The van der Waals surface area contributed by atoms with Gasteiger partial charge in [-0.15, -0.1) is 11.3 Å². The molecule has 4 rings (SSSR count). The summed E-state index contributed by atoms with van der Waals surface area (Å²) < 4.78 is 18.4. The molecule has 25 heavy (non-hydrogen) atoms. The number of carbonyl (C=O) groups excluding carboxylic acids is 1. The highest BCUT2D eigenvalue weighted by Crippen LogP contribution is 2.46. The quantitative estimate of drug-likeness (QED) is 0.717. The Balaban J connectivity index is 1.76. The highest BCUT2D eigenvalue weighted by atomic mass is 32.1. The summed E-state index contributed by atoms with van der Waals surface area (Å²) in [5.41, 5.74) is 3.76. The lowest BCUT2D eigenvalue weighted by Crippen LogP contribution is -2.22. The minimum Gasteiger partial charge on any atom is -0.497 e. The van der Waals surface area contributed by atoms with Crippen LogP contribution < -0.4 is 10.1 Å². The number of halogens is 1. The van der Waals surface area contributed by atoms with Gasteiger partial charge >= 0.3 is 0 Å². The molecule has 1 N–H and O–H groups in total. The molecule has 1 amide bonds. The molecular formula is C20H16FNO2S. The summed E-state index contributed by atoms with van der Waals surface area (Å²) in [5, 5.41) is 5.02. The number of amides is 1. The maximum absolute atomic E-state index is 13.2. The Morgan fingerprint density at radius 3 is 2.52 bits per heavy atom. The molecule has 0 spiro atoms. The van der Waals surface area contributed by atoms with Crippen LogP contribution in [0.15, 0.2) is 53.9 Å². The largest absolute Gasteiger partial charge is 0.497 e. The van der Waals surface area contributed by atoms with Crippen LogP contribution in [0.4, 0.5) is 10.1 Å². The van der Waals surface area contributed by atoms with Gasteiger partial charge in [0.05, 0.1) is 12.8 Å². The first-order chi connectivity index (χ1) is 12.2. The van der Waals surface area contributed by atoms with E-state index in [1.165, 1.54) is 12.1 Å². The van der Waals surface area contributed by atoms with Crippen LogP contribution in [0.5, 0.6) is 5.75 Å². The third-order valence-electron chi connectivity index (χ3n) is 4.46. The minimum atomic E-state index is -0.270. The molecule has 1 atom stereocenters. The smallest absolute Gasteiger partial charge is 0.225 e. The zero-order chi connectivity index (χ0) is 17.4. The molecule has 0 saturated carbocycles. The Morgan fingerprint density at radius 1 is 1.12 bits per heavy atom. The highest BCUT2D eigenvalue weighted by Gasteiger charge is 2.30. The van der Waals surface area contributed by atoms with Gasteiger partial charge in [0.2, 0.25) is 5.91 Å². The fourth-order valence-corrected chi connectivity index (χ4v) is 4.34. The summed E-state index contributed by atoms with van der Waals surface area (Å²) >= 11 is 1.63. The van der Waals surface area contributed by atoms with Gasteiger partial charge in [0.15, 0.2) is 0 Å². The summed E-state index contributed by atoms with van der Waals surface area (Å²) in [6, 6.07) is 14.2. The van der Waals surface area contributed by atoms with Crippen molar-refractivity contribution >= 4 is 22.9 Å². The van der Waals surface area contributed by atoms with Crippen LogP contribution in [-0.2, 0) is 4.79 Å². The summed E-state index contributed by atoms with van der Waals surface area (Å²) in [7, 11) is 1.63. The van der Waals surface area contributed by atoms with Gasteiger partial charge in [-0.1, -0.05) is 24.3 Å². The van der Waals surface area contributed by atoms with Crippen molar-refractivity contribution in [2.75, 3.05) is 12.4 Å². The number of hydrogen-bond acceptors (Lipinski definition) is 3. The molecule has 1 unspecified atom stereocenters. The monoisotopic (exact) mass is 353 g/mol. The highest BCUT2D eigenvalue weighted by molar-refractivity contribution is 7.11. The summed E-state index contributed by atoms with van der Waals surface area (Å²) in [6.45, 7) is 0. The third-order valence-corrected chi connectivity index (χ3v) is 5.56. The molecule has 0 fully saturated rings. The van der Waals surface area contributed by atoms with E-state index < -0.39 is 0 Å². The number of hydrogen-bond donors (Lipinski definition) is 1. The Labute approximate surface area is 149 Å². The molecule has 0 bridgehead atoms. The molecule has 0 aliphatic carbocycles. The maximum Gasteiger partial charge on any atom is 0.225 e. The molecule has 1 aromatic heterocycles. The van der Waals surface area contributed by atoms with Gasteiger partial charge < -0.3 is 10.1 Å². The fourth-order valence-electron chi connectivity index (χ4n) is 3.17. The summed E-state index contributed by atoms with van der Waals surface area (Å²) in [6.07, 6.45) is 0.419. The molecule has 126 valence electrons. The van der Waals surface area contributed by atoms with E-state index in [0.717, 1.165) is 33.0 Å². The SMILES string of the molecule is COc1ccc(C2CC(=O)Nc3c(-c4ccc(F)cc4)csc32)cc1. The zero-order valence-electron chi connectivity index (χ0n) is 13.6. The lowest BCUT2D eigenvalue weighted by Gasteiger charge is -2.24. The van der Waals surface area contributed by atoms with E-state index in [0.29, 0.717) is 6.42 Å². The maximum atomic E-state index is 13.2. The fraction of sp³-hybridized carbons (Fsp3) is 0.150. The van der Waals surface area contributed by atoms with E-state index in [-0.39, 0.29) is 17.6 Å². The first-order valence-electron chi connectivity index (χ1n) is 7.97. The molecule has 5 heteroatoms. The zero-order valence-corrected chi connectivity index (χ0v) is 14.4. The van der Waals surface area contributed by atoms with Crippen molar-refractivity contribution in [1.29, 1.82) is 0 Å². The van der Waals surface area contributed by atoms with E-state index >= 15 is 0 Å². The van der Waals surface area contributed by atoms with Crippen LogP contribution in [-0.4, -0.2) is 13.0 Å². The second-order valence-corrected chi connectivity index (χ2v) is 6.88. The van der Waals surface area contributed by atoms with E-state index in [2.05, 4.69) is 5.32 Å². The van der Waals surface area contributed by atoms with Gasteiger partial charge in [-0.25, -0.2) is 4.39 Å². The van der Waals surface area contributed by atoms with Crippen molar-refractivity contribution in [2.45, 2.75) is 12.3 Å². The number of rotatable bonds is 3. The van der Waals surface area contributed by atoms with Crippen molar-refractivity contribution < 1.29 is 13.9 Å². The van der Waals surface area contributed by atoms with Gasteiger partial charge in [-0.05, 0) is 35.4 Å². The molecule has 3 aromatic rings. The topological polar surface area (TPSA) is 38.3 Å². The molecule has 2 heterocycles. The van der Waals surface area contributed by atoms with Crippen LogP contribution >= 0.6 is 11.3 Å². The van der Waals surface area contributed by atoms with Crippen LogP contribution in [0.3, 0.4) is 0 Å². The van der Waals surface area contributed by atoms with Crippen molar-refractivity contribution in [1.82, 2.24) is 0 Å². The Bertz CT molecular complexity index is 916. The van der Waals surface area contributed by atoms with Crippen LogP contribution in [0.25, 0.3) is 11.1 Å². The third kappa shape index (κ3) is 2.91. The number of thiophene rings is 1. The minimum absolute atomic E-state index is 0.00456. The lowest BCUT2D eigenvalue weighted by molar-refractivity contribution is -0.116. The Hall–Kier alpha value is -2.66. The Morgan fingerprint density at radius 2 is 1.84 bits per heavy atom. The average Bonchev–Trinajstić information content (AvgIpc) is 3.05. The first-order valence-corrected chi connectivity index (χ1v) is 8.85. The summed E-state index contributed by atoms with van der Waals surface area (Å²) in [5.74, 6) is 0.541. The lowest BCUT2D eigenvalue weighted by atomic mass is 9.89. The predicted octanol–water partition coefficient (Wildman–Crippen LogP) is 5.04. The normalized spacial score (nSPS) is 16.2. The number of fused-ring (bicyclic) bond motifs is 1. The van der Waals surface area contributed by atoms with Crippen molar-refractivity contribution in [3.63, 3.8) is 0 Å². The van der Waals surface area contributed by atoms with Crippen molar-refractivity contribution in [3.8, 4) is 16.9 Å². The first kappa shape index (κ1) is 15.8. The molecule has 0 radical (unpaired) electrons. The standard InChI is InChI=1S/C20H16FNO2S/c1-24-15-8-4-12(5-9-15)16-10-18(23)22-19-17(11-25-20(16)19)13-2-6-14(21)7-3-13/h2-9,11,16H,10H2,1H3,(H,22,23). The van der Waals surface area contributed by atoms with Gasteiger partial charge in [0.25, 0.3) is 0 Å². The number of anilines is 1. The van der Waals surface area contributed by atoms with E-state index in [1.54, 1.807) is 30.6 Å². The van der Waals surface area contributed by atoms with Crippen molar-refractivity contribution in [2.24, 2.45) is 0 Å². The second kappa shape index (κ2) is 6.33. The molecular weight excluding hydrogens is 337 g/mol. The van der Waals surface area contributed by atoms with Gasteiger partial charge in [-0.2, -0.15) is 0 Å². The Kier molecular flexibility index (Phi) is 4.01. The van der Waals surface area contributed by atoms with Crippen molar-refractivity contribution in [3.05, 3.63) is 70.2 Å². The molecule has 3 nitrogen and oxygen atoms in total. The number of ether oxygens (including phenoxy) is 1. The number of carbonyl (C=O) groups is 1. The van der Waals surface area contributed by atoms with E-state index in [1.807, 2.05) is 29.6 Å². The van der Waals surface area contributed by atoms with E-state index in [4.69, 9.17) is 4.74 Å². The second-order valence-electron chi connectivity index (χ2n) is 5.97. The van der Waals surface area contributed by atoms with Gasteiger partial charge in [0, 0.05) is 28.2 Å². The van der Waals surface area contributed by atoms with Crippen LogP contribution in [0, 0.1) is 5.82 Å².